The molecule has 166 valence electrons. The summed E-state index contributed by atoms with van der Waals surface area (Å²) in [7, 11) is -4.04. The second-order valence-electron chi connectivity index (χ2n) is 6.99. The van der Waals surface area contributed by atoms with Gasteiger partial charge in [0.1, 0.15) is 5.75 Å². The minimum absolute atomic E-state index is 0.204. The highest BCUT2D eigenvalue weighted by atomic mass is 35.5. The van der Waals surface area contributed by atoms with Crippen LogP contribution in [0.5, 0.6) is 5.75 Å². The molecule has 0 saturated heterocycles. The van der Waals surface area contributed by atoms with E-state index >= 15 is 0 Å². The van der Waals surface area contributed by atoms with Crippen molar-refractivity contribution in [2.24, 2.45) is 4.99 Å². The first-order valence-corrected chi connectivity index (χ1v) is 11.3. The van der Waals surface area contributed by atoms with E-state index in [2.05, 4.69) is 14.5 Å². The van der Waals surface area contributed by atoms with E-state index in [-0.39, 0.29) is 10.6 Å². The largest absolute Gasteiger partial charge is 0.573 e. The number of anilines is 1. The van der Waals surface area contributed by atoms with Crippen LogP contribution in [-0.2, 0) is 16.4 Å². The van der Waals surface area contributed by atoms with E-state index < -0.39 is 22.1 Å². The molecule has 1 aliphatic heterocycles. The number of hydrogen-bond acceptors (Lipinski definition) is 4. The van der Waals surface area contributed by atoms with Crippen LogP contribution >= 0.6 is 11.6 Å². The molecule has 1 N–H and O–H groups in total. The Bertz CT molecular complexity index is 1290. The Labute approximate surface area is 187 Å². The monoisotopic (exact) mass is 480 g/mol. The highest BCUT2D eigenvalue weighted by Gasteiger charge is 2.31. The predicted octanol–water partition coefficient (Wildman–Crippen LogP) is 5.43. The van der Waals surface area contributed by atoms with Crippen LogP contribution in [0.2, 0.25) is 5.02 Å². The molecule has 1 aliphatic rings. The fraction of sp³-hybridized carbons (Fsp3) is 0.136. The molecular weight excluding hydrogens is 465 g/mol. The molecule has 0 aliphatic carbocycles. The Balaban J connectivity index is 1.58. The van der Waals surface area contributed by atoms with Crippen LogP contribution in [0.15, 0.2) is 76.6 Å². The maximum Gasteiger partial charge on any atom is 0.573 e. The normalized spacial score (nSPS) is 13.8. The summed E-state index contributed by atoms with van der Waals surface area (Å²) in [6, 6.07) is 16.3. The highest BCUT2D eigenvalue weighted by Crippen LogP contribution is 2.27. The van der Waals surface area contributed by atoms with Gasteiger partial charge in [-0.1, -0.05) is 29.8 Å². The molecule has 0 saturated carbocycles. The number of aliphatic imine (C=N–C) groups is 1. The van der Waals surface area contributed by atoms with Crippen molar-refractivity contribution >= 4 is 33.0 Å². The van der Waals surface area contributed by atoms with E-state index in [1.54, 1.807) is 18.2 Å². The van der Waals surface area contributed by atoms with Gasteiger partial charge in [0, 0.05) is 28.4 Å². The molecule has 0 atom stereocenters. The third-order valence-electron chi connectivity index (χ3n) is 4.73. The summed E-state index contributed by atoms with van der Waals surface area (Å²) < 4.78 is 68.5. The number of alkyl halides is 3. The smallest absolute Gasteiger partial charge is 0.406 e. The standard InChI is InChI=1S/C22H16ClF3N2O3S/c23-16-5-4-14-10-11-27-21(20(14)13-16)15-2-1-3-17(12-15)28-32(29,30)19-8-6-18(7-9-19)31-22(24,25)26/h1-9,12-13,28H,10-11H2. The van der Waals surface area contributed by atoms with Crippen molar-refractivity contribution in [1.82, 2.24) is 0 Å². The van der Waals surface area contributed by atoms with Crippen LogP contribution in [0.1, 0.15) is 16.7 Å². The maximum absolute atomic E-state index is 12.7. The van der Waals surface area contributed by atoms with E-state index in [1.807, 2.05) is 24.3 Å². The molecule has 0 bridgehead atoms. The number of rotatable bonds is 5. The van der Waals surface area contributed by atoms with Crippen molar-refractivity contribution in [2.75, 3.05) is 11.3 Å². The summed E-state index contributed by atoms with van der Waals surface area (Å²) in [5.41, 5.74) is 3.70. The maximum atomic E-state index is 12.7. The summed E-state index contributed by atoms with van der Waals surface area (Å²) in [5.74, 6) is -0.508. The number of ether oxygens (including phenoxy) is 1. The Morgan fingerprint density at radius 1 is 1.00 bits per heavy atom. The second-order valence-corrected chi connectivity index (χ2v) is 9.11. The topological polar surface area (TPSA) is 67.8 Å². The Kier molecular flexibility index (Phi) is 5.87. The van der Waals surface area contributed by atoms with Gasteiger partial charge in [-0.3, -0.25) is 9.71 Å². The van der Waals surface area contributed by atoms with Gasteiger partial charge >= 0.3 is 6.36 Å². The lowest BCUT2D eigenvalue weighted by Gasteiger charge is -2.18. The molecule has 0 spiro atoms. The minimum atomic E-state index is -4.86. The van der Waals surface area contributed by atoms with Crippen LogP contribution in [0.4, 0.5) is 18.9 Å². The van der Waals surface area contributed by atoms with Gasteiger partial charge in [-0.25, -0.2) is 8.42 Å². The first-order chi connectivity index (χ1) is 15.1. The molecular formula is C22H16ClF3N2O3S. The van der Waals surface area contributed by atoms with Crippen molar-refractivity contribution in [3.63, 3.8) is 0 Å². The van der Waals surface area contributed by atoms with Gasteiger partial charge in [-0.15, -0.1) is 13.2 Å². The summed E-state index contributed by atoms with van der Waals surface area (Å²) >= 11 is 6.14. The average molecular weight is 481 g/mol. The van der Waals surface area contributed by atoms with E-state index in [0.29, 0.717) is 22.8 Å². The summed E-state index contributed by atoms with van der Waals surface area (Å²) in [6.07, 6.45) is -4.07. The lowest BCUT2D eigenvalue weighted by Crippen LogP contribution is -2.17. The number of hydrogen-bond donors (Lipinski definition) is 1. The zero-order valence-electron chi connectivity index (χ0n) is 16.4. The fourth-order valence-electron chi connectivity index (χ4n) is 3.37. The molecule has 5 nitrogen and oxygen atoms in total. The van der Waals surface area contributed by atoms with Gasteiger partial charge in [-0.2, -0.15) is 0 Å². The number of nitrogens with one attached hydrogen (secondary N) is 1. The van der Waals surface area contributed by atoms with Gasteiger partial charge in [0.05, 0.1) is 10.6 Å². The summed E-state index contributed by atoms with van der Waals surface area (Å²) in [4.78, 5) is 4.39. The number of fused-ring (bicyclic) bond motifs is 1. The first kappa shape index (κ1) is 22.2. The van der Waals surface area contributed by atoms with Crippen LogP contribution in [0, 0.1) is 0 Å². The molecule has 0 radical (unpaired) electrons. The minimum Gasteiger partial charge on any atom is -0.406 e. The number of sulfonamides is 1. The molecule has 0 fully saturated rings. The van der Waals surface area contributed by atoms with Crippen LogP contribution in [0.25, 0.3) is 0 Å². The number of nitrogens with zero attached hydrogens (tertiary/aromatic N) is 1. The van der Waals surface area contributed by atoms with Gasteiger partial charge in [0.2, 0.25) is 0 Å². The average Bonchev–Trinajstić information content (AvgIpc) is 2.72. The molecule has 0 aromatic heterocycles. The van der Waals surface area contributed by atoms with Crippen molar-refractivity contribution in [3.05, 3.63) is 88.4 Å². The van der Waals surface area contributed by atoms with Crippen LogP contribution in [0.3, 0.4) is 0 Å². The quantitative estimate of drug-likeness (QED) is 0.529. The molecule has 1 heterocycles. The van der Waals surface area contributed by atoms with E-state index in [4.69, 9.17) is 11.6 Å². The molecule has 0 unspecified atom stereocenters. The van der Waals surface area contributed by atoms with Crippen LogP contribution < -0.4 is 9.46 Å². The highest BCUT2D eigenvalue weighted by molar-refractivity contribution is 7.92. The van der Waals surface area contributed by atoms with Crippen molar-refractivity contribution in [1.29, 1.82) is 0 Å². The Hall–Kier alpha value is -3.04. The second kappa shape index (κ2) is 8.48. The Morgan fingerprint density at radius 2 is 1.75 bits per heavy atom. The van der Waals surface area contributed by atoms with Gasteiger partial charge in [0.25, 0.3) is 10.0 Å². The van der Waals surface area contributed by atoms with E-state index in [0.717, 1.165) is 41.8 Å². The number of halogens is 4. The molecule has 3 aromatic rings. The first-order valence-electron chi connectivity index (χ1n) is 9.43. The SMILES string of the molecule is O=S(=O)(Nc1cccc(C2=NCCc3ccc(Cl)cc32)c1)c1ccc(OC(F)(F)F)cc1. The summed E-state index contributed by atoms with van der Waals surface area (Å²) in [6.45, 7) is 0.603. The molecule has 0 amide bonds. The number of benzene rings is 3. The third kappa shape index (κ3) is 5.05. The third-order valence-corrected chi connectivity index (χ3v) is 6.37. The Morgan fingerprint density at radius 3 is 2.47 bits per heavy atom. The zero-order chi connectivity index (χ0) is 22.9. The van der Waals surface area contributed by atoms with Gasteiger partial charge < -0.3 is 4.74 Å². The lowest BCUT2D eigenvalue weighted by atomic mass is 9.93. The summed E-state index contributed by atoms with van der Waals surface area (Å²) in [5, 5.41) is 0.577. The van der Waals surface area contributed by atoms with Gasteiger partial charge in [-0.05, 0) is 60.5 Å². The fourth-order valence-corrected chi connectivity index (χ4v) is 4.59. The predicted molar refractivity (Wildman–Crippen MR) is 116 cm³/mol. The lowest BCUT2D eigenvalue weighted by molar-refractivity contribution is -0.274. The van der Waals surface area contributed by atoms with Crippen LogP contribution in [-0.4, -0.2) is 27.0 Å². The molecule has 3 aromatic carbocycles. The molecule has 32 heavy (non-hydrogen) atoms. The molecule has 4 rings (SSSR count). The van der Waals surface area contributed by atoms with Crippen molar-refractivity contribution in [3.8, 4) is 5.75 Å². The van der Waals surface area contributed by atoms with E-state index in [9.17, 15) is 21.6 Å². The molecule has 10 heteroatoms. The van der Waals surface area contributed by atoms with Gasteiger partial charge in [0.15, 0.2) is 0 Å². The van der Waals surface area contributed by atoms with E-state index in [1.165, 1.54) is 0 Å². The van der Waals surface area contributed by atoms with Crippen molar-refractivity contribution < 1.29 is 26.3 Å². The van der Waals surface area contributed by atoms with Crippen molar-refractivity contribution in [2.45, 2.75) is 17.7 Å². The zero-order valence-corrected chi connectivity index (χ0v) is 17.9.